The minimum Gasteiger partial charge on any atom is -0.496 e. The molecule has 0 atom stereocenters. The van der Waals surface area contributed by atoms with Crippen molar-refractivity contribution in [1.29, 1.82) is 0 Å². The minimum absolute atomic E-state index is 0.00524. The molecule has 168 valence electrons. The molecule has 0 radical (unpaired) electrons. The Kier molecular flexibility index (Phi) is 5.93. The fourth-order valence-electron chi connectivity index (χ4n) is 4.47. The Bertz CT molecular complexity index is 1260. The van der Waals surface area contributed by atoms with E-state index < -0.39 is 0 Å². The van der Waals surface area contributed by atoms with E-state index in [4.69, 9.17) is 4.74 Å². The number of piperidine rings is 1. The lowest BCUT2D eigenvalue weighted by molar-refractivity contribution is -0.125. The zero-order valence-corrected chi connectivity index (χ0v) is 18.6. The van der Waals surface area contributed by atoms with Crippen molar-refractivity contribution >= 4 is 22.6 Å². The molecule has 1 aliphatic rings. The van der Waals surface area contributed by atoms with E-state index in [0.717, 1.165) is 54.4 Å². The highest BCUT2D eigenvalue weighted by molar-refractivity contribution is 5.81. The SMILES string of the molecule is COc1ccccc1CNC(=O)C1CCN(c2cc(-n3ccc4ccccc43)ncn2)CC1. The van der Waals surface area contributed by atoms with Gasteiger partial charge >= 0.3 is 0 Å². The van der Waals surface area contributed by atoms with Crippen molar-refractivity contribution < 1.29 is 9.53 Å². The number of amides is 1. The van der Waals surface area contributed by atoms with Gasteiger partial charge in [0, 0.05) is 43.4 Å². The molecule has 33 heavy (non-hydrogen) atoms. The third kappa shape index (κ3) is 4.39. The molecule has 7 heteroatoms. The molecule has 5 rings (SSSR count). The maximum Gasteiger partial charge on any atom is 0.223 e. The fraction of sp³-hybridized carbons (Fsp3) is 0.269. The van der Waals surface area contributed by atoms with Crippen LogP contribution in [-0.2, 0) is 11.3 Å². The van der Waals surface area contributed by atoms with Gasteiger partial charge in [0.25, 0.3) is 0 Å². The fourth-order valence-corrected chi connectivity index (χ4v) is 4.47. The van der Waals surface area contributed by atoms with Crippen molar-refractivity contribution in [2.75, 3.05) is 25.1 Å². The smallest absolute Gasteiger partial charge is 0.223 e. The first kappa shape index (κ1) is 21.0. The highest BCUT2D eigenvalue weighted by Crippen LogP contribution is 2.25. The van der Waals surface area contributed by atoms with Crippen LogP contribution in [0.1, 0.15) is 18.4 Å². The molecule has 1 aliphatic heterocycles. The van der Waals surface area contributed by atoms with Crippen LogP contribution in [0.4, 0.5) is 5.82 Å². The van der Waals surface area contributed by atoms with Crippen LogP contribution >= 0.6 is 0 Å². The van der Waals surface area contributed by atoms with Crippen molar-refractivity contribution in [3.63, 3.8) is 0 Å². The first-order chi connectivity index (χ1) is 16.2. The highest BCUT2D eigenvalue weighted by Gasteiger charge is 2.26. The molecular formula is C26H27N5O2. The lowest BCUT2D eigenvalue weighted by atomic mass is 9.96. The number of rotatable bonds is 6. The van der Waals surface area contributed by atoms with E-state index in [2.05, 4.69) is 43.0 Å². The van der Waals surface area contributed by atoms with Crippen molar-refractivity contribution in [3.8, 4) is 11.6 Å². The first-order valence-electron chi connectivity index (χ1n) is 11.3. The molecule has 0 saturated carbocycles. The van der Waals surface area contributed by atoms with Gasteiger partial charge in [-0.3, -0.25) is 4.79 Å². The van der Waals surface area contributed by atoms with Crippen LogP contribution in [-0.4, -0.2) is 40.6 Å². The normalized spacial score (nSPS) is 14.4. The van der Waals surface area contributed by atoms with E-state index >= 15 is 0 Å². The predicted octanol–water partition coefficient (Wildman–Crippen LogP) is 3.96. The van der Waals surface area contributed by atoms with Crippen LogP contribution in [0, 0.1) is 5.92 Å². The minimum atomic E-state index is 0.00524. The maximum absolute atomic E-state index is 12.7. The van der Waals surface area contributed by atoms with Crippen molar-refractivity contribution in [2.45, 2.75) is 19.4 Å². The molecular weight excluding hydrogens is 414 g/mol. The number of aromatic nitrogens is 3. The molecule has 1 fully saturated rings. The van der Waals surface area contributed by atoms with Gasteiger partial charge in [-0.1, -0.05) is 36.4 Å². The molecule has 3 heterocycles. The maximum atomic E-state index is 12.7. The van der Waals surface area contributed by atoms with Gasteiger partial charge in [0.15, 0.2) is 0 Å². The second-order valence-corrected chi connectivity index (χ2v) is 8.27. The summed E-state index contributed by atoms with van der Waals surface area (Å²) in [6.07, 6.45) is 5.24. The Morgan fingerprint density at radius 2 is 1.79 bits per heavy atom. The van der Waals surface area contributed by atoms with Crippen LogP contribution < -0.4 is 15.0 Å². The highest BCUT2D eigenvalue weighted by atomic mass is 16.5. The largest absolute Gasteiger partial charge is 0.496 e. The average molecular weight is 442 g/mol. The first-order valence-corrected chi connectivity index (χ1v) is 11.3. The lowest BCUT2D eigenvalue weighted by Gasteiger charge is -2.32. The predicted molar refractivity (Wildman–Crippen MR) is 129 cm³/mol. The average Bonchev–Trinajstić information content (AvgIpc) is 3.32. The van der Waals surface area contributed by atoms with Crippen molar-refractivity contribution in [3.05, 3.63) is 78.8 Å². The number of methoxy groups -OCH3 is 1. The number of ether oxygens (including phenoxy) is 1. The summed E-state index contributed by atoms with van der Waals surface area (Å²) in [7, 11) is 1.65. The Morgan fingerprint density at radius 3 is 2.64 bits per heavy atom. The number of nitrogens with zero attached hydrogens (tertiary/aromatic N) is 4. The van der Waals surface area contributed by atoms with Crippen LogP contribution in [0.25, 0.3) is 16.7 Å². The number of hydrogen-bond donors (Lipinski definition) is 1. The van der Waals surface area contributed by atoms with E-state index in [-0.39, 0.29) is 11.8 Å². The summed E-state index contributed by atoms with van der Waals surface area (Å²) >= 11 is 0. The van der Waals surface area contributed by atoms with Gasteiger partial charge in [0.2, 0.25) is 5.91 Å². The van der Waals surface area contributed by atoms with Gasteiger partial charge in [0.05, 0.1) is 12.6 Å². The molecule has 1 N–H and O–H groups in total. The summed E-state index contributed by atoms with van der Waals surface area (Å²) in [5.74, 6) is 2.64. The van der Waals surface area contributed by atoms with Crippen LogP contribution in [0.5, 0.6) is 5.75 Å². The van der Waals surface area contributed by atoms with Crippen LogP contribution in [0.15, 0.2) is 73.2 Å². The number of carbonyl (C=O) groups is 1. The Balaban J connectivity index is 1.21. The van der Waals surface area contributed by atoms with Crippen LogP contribution in [0.2, 0.25) is 0 Å². The summed E-state index contributed by atoms with van der Waals surface area (Å²) in [6.45, 7) is 2.05. The number of anilines is 1. The van der Waals surface area contributed by atoms with Gasteiger partial charge in [-0.05, 0) is 36.4 Å². The van der Waals surface area contributed by atoms with Crippen LogP contribution in [0.3, 0.4) is 0 Å². The van der Waals surface area contributed by atoms with Gasteiger partial charge in [-0.25, -0.2) is 9.97 Å². The van der Waals surface area contributed by atoms with E-state index in [9.17, 15) is 4.79 Å². The van der Waals surface area contributed by atoms with E-state index in [0.29, 0.717) is 6.54 Å². The van der Waals surface area contributed by atoms with Gasteiger partial charge in [-0.15, -0.1) is 0 Å². The molecule has 2 aromatic carbocycles. The second kappa shape index (κ2) is 9.32. The van der Waals surface area contributed by atoms with E-state index in [1.54, 1.807) is 13.4 Å². The third-order valence-corrected chi connectivity index (χ3v) is 6.32. The Hall–Kier alpha value is -3.87. The zero-order valence-electron chi connectivity index (χ0n) is 18.6. The summed E-state index contributed by atoms with van der Waals surface area (Å²) in [5.41, 5.74) is 2.10. The standard InChI is InChI=1S/C26H27N5O2/c1-33-23-9-5-3-7-21(23)17-27-26(32)20-10-13-30(14-11-20)24-16-25(29-18-28-24)31-15-12-19-6-2-4-8-22(19)31/h2-9,12,15-16,18,20H,10-11,13-14,17H2,1H3,(H,27,32). The third-order valence-electron chi connectivity index (χ3n) is 6.32. The lowest BCUT2D eigenvalue weighted by Crippen LogP contribution is -2.40. The quantitative estimate of drug-likeness (QED) is 0.490. The molecule has 1 amide bonds. The second-order valence-electron chi connectivity index (χ2n) is 8.27. The van der Waals surface area contributed by atoms with Gasteiger partial charge in [0.1, 0.15) is 23.7 Å². The molecule has 7 nitrogen and oxygen atoms in total. The molecule has 4 aromatic rings. The molecule has 2 aromatic heterocycles. The number of benzene rings is 2. The van der Waals surface area contributed by atoms with Crippen molar-refractivity contribution in [1.82, 2.24) is 19.9 Å². The molecule has 0 unspecified atom stereocenters. The summed E-state index contributed by atoms with van der Waals surface area (Å²) in [6, 6.07) is 20.1. The summed E-state index contributed by atoms with van der Waals surface area (Å²) in [4.78, 5) is 24.0. The van der Waals surface area contributed by atoms with E-state index in [1.165, 1.54) is 5.39 Å². The molecule has 0 spiro atoms. The summed E-state index contributed by atoms with van der Waals surface area (Å²) < 4.78 is 7.46. The topological polar surface area (TPSA) is 72.3 Å². The monoisotopic (exact) mass is 441 g/mol. The number of fused-ring (bicyclic) bond motifs is 1. The van der Waals surface area contributed by atoms with Gasteiger partial charge < -0.3 is 19.5 Å². The zero-order chi connectivity index (χ0) is 22.6. The van der Waals surface area contributed by atoms with Crippen molar-refractivity contribution in [2.24, 2.45) is 5.92 Å². The number of nitrogens with one attached hydrogen (secondary N) is 1. The Morgan fingerprint density at radius 1 is 1.03 bits per heavy atom. The van der Waals surface area contributed by atoms with E-state index in [1.807, 2.05) is 48.7 Å². The number of carbonyl (C=O) groups excluding carboxylic acids is 1. The van der Waals surface area contributed by atoms with Gasteiger partial charge in [-0.2, -0.15) is 0 Å². The Labute approximate surface area is 193 Å². The molecule has 0 bridgehead atoms. The molecule has 0 aliphatic carbocycles. The number of para-hydroxylation sites is 2. The number of hydrogen-bond acceptors (Lipinski definition) is 5. The summed E-state index contributed by atoms with van der Waals surface area (Å²) in [5, 5.41) is 4.25. The molecule has 1 saturated heterocycles.